The first kappa shape index (κ1) is 15.1. The first-order valence-corrected chi connectivity index (χ1v) is 8.29. The Labute approximate surface area is 133 Å². The molecule has 1 N–H and O–H groups in total. The van der Waals surface area contributed by atoms with Crippen LogP contribution in [0.5, 0.6) is 0 Å². The van der Waals surface area contributed by atoms with E-state index in [2.05, 4.69) is 76.0 Å². The van der Waals surface area contributed by atoms with Gasteiger partial charge in [-0.25, -0.2) is 5.43 Å². The third-order valence-electron chi connectivity index (χ3n) is 4.18. The minimum atomic E-state index is 0.962. The summed E-state index contributed by atoms with van der Waals surface area (Å²) in [4.78, 5) is 2.56. The minimum Gasteiger partial charge on any atom is -0.302 e. The SMILES string of the molecule is c1ccc(N(NCCN2CCCCC2)c2ccccc2)cc1. The fraction of sp³-hybridized carbons (Fsp3) is 0.368. The van der Waals surface area contributed by atoms with E-state index in [0.717, 1.165) is 13.1 Å². The molecule has 3 nitrogen and oxygen atoms in total. The molecule has 22 heavy (non-hydrogen) atoms. The van der Waals surface area contributed by atoms with Crippen molar-refractivity contribution >= 4 is 11.4 Å². The molecule has 2 aromatic carbocycles. The van der Waals surface area contributed by atoms with Crippen LogP contribution >= 0.6 is 0 Å². The van der Waals surface area contributed by atoms with Crippen molar-refractivity contribution in [2.45, 2.75) is 19.3 Å². The highest BCUT2D eigenvalue weighted by molar-refractivity contribution is 5.61. The maximum atomic E-state index is 3.59. The van der Waals surface area contributed by atoms with Gasteiger partial charge in [0.15, 0.2) is 0 Å². The lowest BCUT2D eigenvalue weighted by atomic mass is 10.1. The predicted molar refractivity (Wildman–Crippen MR) is 93.3 cm³/mol. The Morgan fingerprint density at radius 2 is 1.32 bits per heavy atom. The summed E-state index contributed by atoms with van der Waals surface area (Å²) in [6.45, 7) is 4.57. The number of piperidine rings is 1. The lowest BCUT2D eigenvalue weighted by Gasteiger charge is -2.30. The van der Waals surface area contributed by atoms with Gasteiger partial charge in [-0.1, -0.05) is 42.8 Å². The first-order valence-electron chi connectivity index (χ1n) is 8.29. The summed E-state index contributed by atoms with van der Waals surface area (Å²) in [5.41, 5.74) is 5.94. The van der Waals surface area contributed by atoms with Gasteiger partial charge in [-0.3, -0.25) is 5.01 Å². The fourth-order valence-electron chi connectivity index (χ4n) is 2.99. The van der Waals surface area contributed by atoms with Crippen molar-refractivity contribution in [1.29, 1.82) is 0 Å². The van der Waals surface area contributed by atoms with E-state index in [4.69, 9.17) is 0 Å². The van der Waals surface area contributed by atoms with Crippen molar-refractivity contribution in [3.63, 3.8) is 0 Å². The number of nitrogens with zero attached hydrogens (tertiary/aromatic N) is 2. The number of hydrazine groups is 1. The van der Waals surface area contributed by atoms with Crippen LogP contribution in [-0.4, -0.2) is 31.1 Å². The molecule has 0 aliphatic carbocycles. The van der Waals surface area contributed by atoms with E-state index in [1.54, 1.807) is 0 Å². The molecule has 1 aliphatic heterocycles. The highest BCUT2D eigenvalue weighted by Gasteiger charge is 2.11. The summed E-state index contributed by atoms with van der Waals surface area (Å²) in [6.07, 6.45) is 4.09. The van der Waals surface area contributed by atoms with Crippen molar-refractivity contribution in [3.8, 4) is 0 Å². The summed E-state index contributed by atoms with van der Waals surface area (Å²) in [5, 5.41) is 2.18. The third kappa shape index (κ3) is 4.09. The quantitative estimate of drug-likeness (QED) is 0.817. The molecule has 3 rings (SSSR count). The van der Waals surface area contributed by atoms with Crippen LogP contribution in [0, 0.1) is 0 Å². The van der Waals surface area contributed by atoms with Crippen molar-refractivity contribution in [1.82, 2.24) is 10.3 Å². The number of hydrogen-bond acceptors (Lipinski definition) is 3. The van der Waals surface area contributed by atoms with E-state index in [1.165, 1.54) is 43.7 Å². The monoisotopic (exact) mass is 295 g/mol. The van der Waals surface area contributed by atoms with E-state index in [0.29, 0.717) is 0 Å². The van der Waals surface area contributed by atoms with Gasteiger partial charge >= 0.3 is 0 Å². The fourth-order valence-corrected chi connectivity index (χ4v) is 2.99. The smallest absolute Gasteiger partial charge is 0.0577 e. The second kappa shape index (κ2) is 7.97. The summed E-state index contributed by atoms with van der Waals surface area (Å²) < 4.78 is 0. The second-order valence-corrected chi connectivity index (χ2v) is 5.82. The van der Waals surface area contributed by atoms with Crippen LogP contribution < -0.4 is 10.4 Å². The third-order valence-corrected chi connectivity index (χ3v) is 4.18. The average molecular weight is 295 g/mol. The van der Waals surface area contributed by atoms with Gasteiger partial charge in [0.25, 0.3) is 0 Å². The van der Waals surface area contributed by atoms with Gasteiger partial charge < -0.3 is 4.90 Å². The predicted octanol–water partition coefficient (Wildman–Crippen LogP) is 3.82. The normalized spacial score (nSPS) is 15.6. The topological polar surface area (TPSA) is 18.5 Å². The zero-order valence-corrected chi connectivity index (χ0v) is 13.1. The Bertz CT molecular complexity index is 496. The molecule has 0 saturated carbocycles. The van der Waals surface area contributed by atoms with Crippen molar-refractivity contribution < 1.29 is 0 Å². The highest BCUT2D eigenvalue weighted by atomic mass is 15.5. The van der Waals surface area contributed by atoms with Gasteiger partial charge in [0, 0.05) is 13.1 Å². The largest absolute Gasteiger partial charge is 0.302 e. The van der Waals surface area contributed by atoms with Crippen LogP contribution in [0.25, 0.3) is 0 Å². The number of para-hydroxylation sites is 2. The van der Waals surface area contributed by atoms with E-state index in [-0.39, 0.29) is 0 Å². The molecule has 1 heterocycles. The van der Waals surface area contributed by atoms with Crippen LogP contribution in [-0.2, 0) is 0 Å². The summed E-state index contributed by atoms with van der Waals surface area (Å²) >= 11 is 0. The molecule has 0 unspecified atom stereocenters. The standard InChI is InChI=1S/C19H25N3/c1-4-10-18(11-5-1)22(19-12-6-2-7-13-19)20-14-17-21-15-8-3-9-16-21/h1-2,4-7,10-13,20H,3,8-9,14-17H2. The molecule has 0 atom stereocenters. The second-order valence-electron chi connectivity index (χ2n) is 5.82. The number of likely N-dealkylation sites (tertiary alicyclic amines) is 1. The van der Waals surface area contributed by atoms with Crippen LogP contribution in [0.2, 0.25) is 0 Å². The zero-order chi connectivity index (χ0) is 15.0. The average Bonchev–Trinajstić information content (AvgIpc) is 2.61. The van der Waals surface area contributed by atoms with E-state index >= 15 is 0 Å². The number of nitrogens with one attached hydrogen (secondary N) is 1. The summed E-state index contributed by atoms with van der Waals surface area (Å²) in [5.74, 6) is 0. The van der Waals surface area contributed by atoms with Gasteiger partial charge in [-0.2, -0.15) is 0 Å². The molecule has 3 heteroatoms. The van der Waals surface area contributed by atoms with Gasteiger partial charge in [0.1, 0.15) is 0 Å². The van der Waals surface area contributed by atoms with E-state index < -0.39 is 0 Å². The van der Waals surface area contributed by atoms with E-state index in [1.807, 2.05) is 0 Å². The molecule has 0 spiro atoms. The molecule has 0 bridgehead atoms. The van der Waals surface area contributed by atoms with Gasteiger partial charge in [-0.15, -0.1) is 0 Å². The Balaban J connectivity index is 1.64. The maximum Gasteiger partial charge on any atom is 0.0577 e. The van der Waals surface area contributed by atoms with Gasteiger partial charge in [0.2, 0.25) is 0 Å². The lowest BCUT2D eigenvalue weighted by Crippen LogP contribution is -2.41. The van der Waals surface area contributed by atoms with Crippen LogP contribution in [0.3, 0.4) is 0 Å². The molecular weight excluding hydrogens is 270 g/mol. The molecule has 0 amide bonds. The number of hydrogen-bond donors (Lipinski definition) is 1. The van der Waals surface area contributed by atoms with Gasteiger partial charge in [-0.05, 0) is 50.2 Å². The van der Waals surface area contributed by atoms with Crippen molar-refractivity contribution in [3.05, 3.63) is 60.7 Å². The number of anilines is 2. The van der Waals surface area contributed by atoms with Crippen molar-refractivity contribution in [2.24, 2.45) is 0 Å². The molecule has 0 radical (unpaired) electrons. The minimum absolute atomic E-state index is 0.962. The molecular formula is C19H25N3. The molecule has 1 saturated heterocycles. The molecule has 0 aromatic heterocycles. The zero-order valence-electron chi connectivity index (χ0n) is 13.1. The summed E-state index contributed by atoms with van der Waals surface area (Å²) in [6, 6.07) is 21.0. The van der Waals surface area contributed by atoms with Crippen LogP contribution in [0.1, 0.15) is 19.3 Å². The van der Waals surface area contributed by atoms with E-state index in [9.17, 15) is 0 Å². The molecule has 1 fully saturated rings. The Morgan fingerprint density at radius 3 is 1.86 bits per heavy atom. The van der Waals surface area contributed by atoms with Crippen LogP contribution in [0.15, 0.2) is 60.7 Å². The Morgan fingerprint density at radius 1 is 0.773 bits per heavy atom. The Kier molecular flexibility index (Phi) is 5.46. The summed E-state index contributed by atoms with van der Waals surface area (Å²) in [7, 11) is 0. The van der Waals surface area contributed by atoms with Crippen molar-refractivity contribution in [2.75, 3.05) is 31.2 Å². The molecule has 2 aromatic rings. The molecule has 116 valence electrons. The van der Waals surface area contributed by atoms with Gasteiger partial charge in [0.05, 0.1) is 11.4 Å². The highest BCUT2D eigenvalue weighted by Crippen LogP contribution is 2.22. The lowest BCUT2D eigenvalue weighted by molar-refractivity contribution is 0.229. The Hall–Kier alpha value is -1.84. The first-order chi connectivity index (χ1) is 10.9. The molecule has 1 aliphatic rings. The number of benzene rings is 2. The van der Waals surface area contributed by atoms with Crippen LogP contribution in [0.4, 0.5) is 11.4 Å². The number of rotatable bonds is 6. The maximum absolute atomic E-state index is 3.59.